The van der Waals surface area contributed by atoms with Crippen LogP contribution >= 0.6 is 0 Å². The Morgan fingerprint density at radius 3 is 2.86 bits per heavy atom. The molecule has 0 spiro atoms. The van der Waals surface area contributed by atoms with E-state index in [1.54, 1.807) is 0 Å². The van der Waals surface area contributed by atoms with Gasteiger partial charge in [0.05, 0.1) is 5.54 Å². The number of anilines is 1. The summed E-state index contributed by atoms with van der Waals surface area (Å²) in [6, 6.07) is 5.98. The highest BCUT2D eigenvalue weighted by Gasteiger charge is 2.38. The van der Waals surface area contributed by atoms with E-state index in [4.69, 9.17) is 5.73 Å². The van der Waals surface area contributed by atoms with E-state index in [1.165, 1.54) is 0 Å². The van der Waals surface area contributed by atoms with E-state index in [2.05, 4.69) is 16.8 Å². The van der Waals surface area contributed by atoms with Gasteiger partial charge in [0.15, 0.2) is 0 Å². The molecule has 0 aliphatic carbocycles. The van der Waals surface area contributed by atoms with Gasteiger partial charge in [-0.15, -0.1) is 0 Å². The summed E-state index contributed by atoms with van der Waals surface area (Å²) in [5.41, 5.74) is 6.21. The molecule has 0 saturated carbocycles. The molecule has 0 atom stereocenters. The van der Waals surface area contributed by atoms with E-state index < -0.39 is 0 Å². The zero-order valence-electron chi connectivity index (χ0n) is 8.61. The van der Waals surface area contributed by atoms with Crippen molar-refractivity contribution in [3.63, 3.8) is 0 Å². The lowest BCUT2D eigenvalue weighted by Crippen LogP contribution is -2.67. The average molecular weight is 191 g/mol. The standard InChI is InChI=1S/C11H17N3/c1-2-6-11(12)8-14(9-11)10-5-3-4-7-13-10/h3-5,7H,2,6,8-9,12H2,1H3. The third-order valence-electron chi connectivity index (χ3n) is 2.73. The van der Waals surface area contributed by atoms with Crippen LogP contribution in [0.5, 0.6) is 0 Å². The molecular weight excluding hydrogens is 174 g/mol. The van der Waals surface area contributed by atoms with E-state index in [1.807, 2.05) is 24.4 Å². The molecule has 14 heavy (non-hydrogen) atoms. The summed E-state index contributed by atoms with van der Waals surface area (Å²) in [6.07, 6.45) is 4.09. The first-order chi connectivity index (χ1) is 6.73. The van der Waals surface area contributed by atoms with Crippen molar-refractivity contribution in [1.29, 1.82) is 0 Å². The first-order valence-electron chi connectivity index (χ1n) is 5.18. The van der Waals surface area contributed by atoms with Gasteiger partial charge in [0.2, 0.25) is 0 Å². The topological polar surface area (TPSA) is 42.1 Å². The van der Waals surface area contributed by atoms with Crippen LogP contribution in [0.2, 0.25) is 0 Å². The van der Waals surface area contributed by atoms with Gasteiger partial charge in [-0.2, -0.15) is 0 Å². The Labute approximate surface area is 84.9 Å². The van der Waals surface area contributed by atoms with Gasteiger partial charge in [0, 0.05) is 19.3 Å². The van der Waals surface area contributed by atoms with Crippen molar-refractivity contribution in [1.82, 2.24) is 4.98 Å². The van der Waals surface area contributed by atoms with Crippen molar-refractivity contribution >= 4 is 5.82 Å². The van der Waals surface area contributed by atoms with Gasteiger partial charge in [-0.25, -0.2) is 4.98 Å². The summed E-state index contributed by atoms with van der Waals surface area (Å²) in [5, 5.41) is 0. The van der Waals surface area contributed by atoms with Crippen LogP contribution in [0, 0.1) is 0 Å². The highest BCUT2D eigenvalue weighted by molar-refractivity contribution is 5.43. The molecule has 1 fully saturated rings. The number of nitrogens with zero attached hydrogens (tertiary/aromatic N) is 2. The number of pyridine rings is 1. The van der Waals surface area contributed by atoms with Crippen molar-refractivity contribution < 1.29 is 0 Å². The van der Waals surface area contributed by atoms with Gasteiger partial charge >= 0.3 is 0 Å². The molecule has 1 aliphatic rings. The fourth-order valence-electron chi connectivity index (χ4n) is 2.07. The van der Waals surface area contributed by atoms with Crippen molar-refractivity contribution in [2.75, 3.05) is 18.0 Å². The summed E-state index contributed by atoms with van der Waals surface area (Å²) in [4.78, 5) is 6.53. The Balaban J connectivity index is 1.95. The van der Waals surface area contributed by atoms with Gasteiger partial charge in [0.1, 0.15) is 5.82 Å². The Kier molecular flexibility index (Phi) is 2.42. The molecule has 0 unspecified atom stereocenters. The molecule has 0 aromatic carbocycles. The van der Waals surface area contributed by atoms with Gasteiger partial charge in [-0.05, 0) is 18.6 Å². The van der Waals surface area contributed by atoms with Gasteiger partial charge in [0.25, 0.3) is 0 Å². The summed E-state index contributed by atoms with van der Waals surface area (Å²) < 4.78 is 0. The second-order valence-corrected chi connectivity index (χ2v) is 4.16. The number of aromatic nitrogens is 1. The molecular formula is C11H17N3. The Morgan fingerprint density at radius 1 is 1.50 bits per heavy atom. The van der Waals surface area contributed by atoms with Crippen LogP contribution in [0.1, 0.15) is 19.8 Å². The number of nitrogens with two attached hydrogens (primary N) is 1. The van der Waals surface area contributed by atoms with Crippen molar-refractivity contribution in [2.24, 2.45) is 5.73 Å². The number of hydrogen-bond donors (Lipinski definition) is 1. The normalized spacial score (nSPS) is 19.1. The molecule has 0 amide bonds. The summed E-state index contributed by atoms with van der Waals surface area (Å²) >= 11 is 0. The minimum Gasteiger partial charge on any atom is -0.353 e. The zero-order valence-corrected chi connectivity index (χ0v) is 8.61. The van der Waals surface area contributed by atoms with E-state index in [0.717, 1.165) is 31.7 Å². The third kappa shape index (κ3) is 1.73. The fraction of sp³-hybridized carbons (Fsp3) is 0.545. The van der Waals surface area contributed by atoms with Crippen molar-refractivity contribution in [3.05, 3.63) is 24.4 Å². The molecule has 2 rings (SSSR count). The lowest BCUT2D eigenvalue weighted by atomic mass is 9.86. The van der Waals surface area contributed by atoms with E-state index in [0.29, 0.717) is 0 Å². The Hall–Kier alpha value is -1.09. The average Bonchev–Trinajstić information content (AvgIpc) is 2.16. The highest BCUT2D eigenvalue weighted by atomic mass is 15.3. The lowest BCUT2D eigenvalue weighted by Gasteiger charge is -2.48. The molecule has 1 saturated heterocycles. The van der Waals surface area contributed by atoms with E-state index in [9.17, 15) is 0 Å². The molecule has 1 aromatic heterocycles. The number of hydrogen-bond acceptors (Lipinski definition) is 3. The maximum Gasteiger partial charge on any atom is 0.128 e. The minimum absolute atomic E-state index is 0.0340. The molecule has 0 radical (unpaired) electrons. The summed E-state index contributed by atoms with van der Waals surface area (Å²) in [5.74, 6) is 1.05. The highest BCUT2D eigenvalue weighted by Crippen LogP contribution is 2.27. The Morgan fingerprint density at radius 2 is 2.29 bits per heavy atom. The predicted molar refractivity (Wildman–Crippen MR) is 58.3 cm³/mol. The smallest absolute Gasteiger partial charge is 0.128 e. The van der Waals surface area contributed by atoms with Gasteiger partial charge in [-0.3, -0.25) is 0 Å². The molecule has 3 heteroatoms. The molecule has 1 aromatic rings. The second-order valence-electron chi connectivity index (χ2n) is 4.16. The first-order valence-corrected chi connectivity index (χ1v) is 5.18. The van der Waals surface area contributed by atoms with Crippen LogP contribution < -0.4 is 10.6 Å². The molecule has 1 aliphatic heterocycles. The Bertz CT molecular complexity index is 291. The number of rotatable bonds is 3. The first kappa shape index (κ1) is 9.46. The SMILES string of the molecule is CCCC1(N)CN(c2ccccn2)C1. The largest absolute Gasteiger partial charge is 0.353 e. The minimum atomic E-state index is 0.0340. The predicted octanol–water partition coefficient (Wildman–Crippen LogP) is 1.40. The van der Waals surface area contributed by atoms with Crippen LogP contribution in [-0.4, -0.2) is 23.6 Å². The molecule has 2 heterocycles. The van der Waals surface area contributed by atoms with Crippen molar-refractivity contribution in [3.8, 4) is 0 Å². The maximum atomic E-state index is 6.17. The second kappa shape index (κ2) is 3.58. The van der Waals surface area contributed by atoms with Crippen LogP contribution in [-0.2, 0) is 0 Å². The fourth-order valence-corrected chi connectivity index (χ4v) is 2.07. The summed E-state index contributed by atoms with van der Waals surface area (Å²) in [6.45, 7) is 4.06. The van der Waals surface area contributed by atoms with E-state index in [-0.39, 0.29) is 5.54 Å². The maximum absolute atomic E-state index is 6.17. The van der Waals surface area contributed by atoms with Crippen molar-refractivity contribution in [2.45, 2.75) is 25.3 Å². The summed E-state index contributed by atoms with van der Waals surface area (Å²) in [7, 11) is 0. The quantitative estimate of drug-likeness (QED) is 0.785. The van der Waals surface area contributed by atoms with Gasteiger partial charge < -0.3 is 10.6 Å². The van der Waals surface area contributed by atoms with Crippen LogP contribution in [0.3, 0.4) is 0 Å². The molecule has 76 valence electrons. The van der Waals surface area contributed by atoms with Crippen LogP contribution in [0.4, 0.5) is 5.82 Å². The van der Waals surface area contributed by atoms with Gasteiger partial charge in [-0.1, -0.05) is 19.4 Å². The monoisotopic (exact) mass is 191 g/mol. The zero-order chi connectivity index (χ0) is 10.0. The van der Waals surface area contributed by atoms with E-state index >= 15 is 0 Å². The third-order valence-corrected chi connectivity index (χ3v) is 2.73. The molecule has 3 nitrogen and oxygen atoms in total. The molecule has 2 N–H and O–H groups in total. The van der Waals surface area contributed by atoms with Crippen LogP contribution in [0.15, 0.2) is 24.4 Å². The van der Waals surface area contributed by atoms with Crippen LogP contribution in [0.25, 0.3) is 0 Å². The lowest BCUT2D eigenvalue weighted by molar-refractivity contribution is 0.306. The molecule has 0 bridgehead atoms.